The number of pyridine rings is 3. The van der Waals surface area contributed by atoms with Crippen LogP contribution in [0.1, 0.15) is 17.1 Å². The van der Waals surface area contributed by atoms with Crippen molar-refractivity contribution in [3.8, 4) is 85.4 Å². The quantitative estimate of drug-likeness (QED) is 0.185. The lowest BCUT2D eigenvalue weighted by atomic mass is 9.92. The molecule has 6 nitrogen and oxygen atoms in total. The Hall–Kier alpha value is -7.20. The maximum atomic E-state index is 9.29. The fourth-order valence-electron chi connectivity index (χ4n) is 5.60. The van der Waals surface area contributed by atoms with E-state index in [-0.39, 0.29) is 0 Å². The van der Waals surface area contributed by atoms with Crippen LogP contribution >= 0.6 is 0 Å². The van der Waals surface area contributed by atoms with Gasteiger partial charge in [-0.1, -0.05) is 91.0 Å². The SMILES string of the molecule is N#Cc1cccc(-c2ccc(-c3cc(-c4ccc(-c5cccc(C#N)n5)cc4)cc(-c4ccc(-c5cccc(C#N)n5)cc4)c3)cc2)n1. The first-order chi connectivity index (χ1) is 23.6. The third-order valence-electron chi connectivity index (χ3n) is 8.07. The molecule has 4 aromatic carbocycles. The maximum Gasteiger partial charge on any atom is 0.141 e. The van der Waals surface area contributed by atoms with E-state index in [0.29, 0.717) is 17.1 Å². The summed E-state index contributed by atoms with van der Waals surface area (Å²) in [7, 11) is 0. The molecule has 0 N–H and O–H groups in total. The average molecular weight is 613 g/mol. The van der Waals surface area contributed by atoms with E-state index in [2.05, 4.69) is 87.8 Å². The Morgan fingerprint density at radius 1 is 0.292 bits per heavy atom. The third-order valence-corrected chi connectivity index (χ3v) is 8.07. The Morgan fingerprint density at radius 3 is 0.792 bits per heavy atom. The molecule has 7 aromatic rings. The van der Waals surface area contributed by atoms with Gasteiger partial charge in [-0.15, -0.1) is 0 Å². The summed E-state index contributed by atoms with van der Waals surface area (Å²) in [4.78, 5) is 13.3. The molecular formula is C42H24N6. The number of benzene rings is 4. The van der Waals surface area contributed by atoms with Gasteiger partial charge >= 0.3 is 0 Å². The zero-order valence-electron chi connectivity index (χ0n) is 25.5. The Labute approximate surface area is 278 Å². The fraction of sp³-hybridized carbons (Fsp3) is 0. The average Bonchev–Trinajstić information content (AvgIpc) is 3.18. The Bertz CT molecular complexity index is 2120. The molecule has 0 unspecified atom stereocenters. The summed E-state index contributed by atoms with van der Waals surface area (Å²) in [6.07, 6.45) is 0. The fourth-order valence-corrected chi connectivity index (χ4v) is 5.60. The second-order valence-corrected chi connectivity index (χ2v) is 11.1. The Morgan fingerprint density at radius 2 is 0.542 bits per heavy atom. The van der Waals surface area contributed by atoms with Gasteiger partial charge in [-0.25, -0.2) is 15.0 Å². The van der Waals surface area contributed by atoms with Gasteiger partial charge in [0.2, 0.25) is 0 Å². The van der Waals surface area contributed by atoms with Gasteiger partial charge in [0.05, 0.1) is 17.1 Å². The summed E-state index contributed by atoms with van der Waals surface area (Å²) < 4.78 is 0. The van der Waals surface area contributed by atoms with Crippen LogP contribution in [0.25, 0.3) is 67.2 Å². The smallest absolute Gasteiger partial charge is 0.141 e. The summed E-state index contributed by atoms with van der Waals surface area (Å²) in [5.74, 6) is 0. The monoisotopic (exact) mass is 612 g/mol. The minimum atomic E-state index is 0.382. The number of nitriles is 3. The molecule has 0 aliphatic rings. The van der Waals surface area contributed by atoms with Gasteiger partial charge in [-0.2, -0.15) is 15.8 Å². The molecule has 0 aliphatic heterocycles. The maximum absolute atomic E-state index is 9.29. The number of rotatable bonds is 6. The van der Waals surface area contributed by atoms with Crippen molar-refractivity contribution in [2.24, 2.45) is 0 Å². The van der Waals surface area contributed by atoms with Crippen LogP contribution in [0, 0.1) is 34.0 Å². The summed E-state index contributed by atoms with van der Waals surface area (Å²) >= 11 is 0. The standard InChI is InChI=1S/C42H24N6/c43-25-37-4-1-7-40(46-37)31-16-10-28(11-17-31)34-22-35(29-12-18-32(19-13-29)41-8-2-5-38(26-44)47-41)24-36(23-34)30-14-20-33(21-15-30)42-9-3-6-39(27-45)48-42/h1-24H. The van der Waals surface area contributed by atoms with Gasteiger partial charge in [0.1, 0.15) is 35.3 Å². The highest BCUT2D eigenvalue weighted by Gasteiger charge is 2.11. The van der Waals surface area contributed by atoms with Crippen LogP contribution < -0.4 is 0 Å². The minimum Gasteiger partial charge on any atom is -0.237 e. The van der Waals surface area contributed by atoms with E-state index >= 15 is 0 Å². The van der Waals surface area contributed by atoms with E-state index in [1.165, 1.54) is 0 Å². The second-order valence-electron chi connectivity index (χ2n) is 11.1. The van der Waals surface area contributed by atoms with Crippen LogP contribution in [0.15, 0.2) is 146 Å². The molecule has 0 saturated carbocycles. The summed E-state index contributed by atoms with van der Waals surface area (Å²) in [6.45, 7) is 0. The number of hydrogen-bond acceptors (Lipinski definition) is 6. The van der Waals surface area contributed by atoms with E-state index in [9.17, 15) is 15.8 Å². The topological polar surface area (TPSA) is 110 Å². The zero-order chi connectivity index (χ0) is 32.9. The first-order valence-corrected chi connectivity index (χ1v) is 15.2. The van der Waals surface area contributed by atoms with E-state index in [1.807, 2.05) is 72.8 Å². The molecule has 0 bridgehead atoms. The van der Waals surface area contributed by atoms with Gasteiger partial charge in [-0.3, -0.25) is 0 Å². The summed E-state index contributed by atoms with van der Waals surface area (Å²) in [5.41, 5.74) is 12.5. The van der Waals surface area contributed by atoms with Crippen molar-refractivity contribution >= 4 is 0 Å². The molecule has 0 amide bonds. The number of hydrogen-bond donors (Lipinski definition) is 0. The first kappa shape index (κ1) is 29.5. The highest BCUT2D eigenvalue weighted by molar-refractivity contribution is 5.83. The van der Waals surface area contributed by atoms with Crippen molar-refractivity contribution in [2.45, 2.75) is 0 Å². The number of aromatic nitrogens is 3. The van der Waals surface area contributed by atoms with Gasteiger partial charge in [0.15, 0.2) is 0 Å². The molecular weight excluding hydrogens is 589 g/mol. The highest BCUT2D eigenvalue weighted by Crippen LogP contribution is 2.35. The third kappa shape index (κ3) is 6.17. The lowest BCUT2D eigenvalue weighted by molar-refractivity contribution is 1.26. The molecule has 3 heterocycles. The molecule has 0 fully saturated rings. The predicted octanol–water partition coefficient (Wildman–Crippen LogP) is 9.49. The van der Waals surface area contributed by atoms with E-state index in [1.54, 1.807) is 18.2 Å². The highest BCUT2D eigenvalue weighted by atomic mass is 14.7. The lowest BCUT2D eigenvalue weighted by Gasteiger charge is -2.13. The molecule has 0 saturated heterocycles. The van der Waals surface area contributed by atoms with Gasteiger partial charge in [0, 0.05) is 16.7 Å². The molecule has 3 aromatic heterocycles. The van der Waals surface area contributed by atoms with Crippen molar-refractivity contribution in [3.63, 3.8) is 0 Å². The largest absolute Gasteiger partial charge is 0.237 e. The van der Waals surface area contributed by atoms with Crippen LogP contribution in [0.2, 0.25) is 0 Å². The molecule has 0 radical (unpaired) electrons. The van der Waals surface area contributed by atoms with E-state index < -0.39 is 0 Å². The molecule has 0 spiro atoms. The van der Waals surface area contributed by atoms with Crippen molar-refractivity contribution in [3.05, 3.63) is 163 Å². The van der Waals surface area contributed by atoms with Crippen molar-refractivity contribution in [1.29, 1.82) is 15.8 Å². The molecule has 6 heteroatoms. The van der Waals surface area contributed by atoms with E-state index in [4.69, 9.17) is 0 Å². The first-order valence-electron chi connectivity index (χ1n) is 15.2. The van der Waals surface area contributed by atoms with Crippen LogP contribution in [0.5, 0.6) is 0 Å². The van der Waals surface area contributed by atoms with Gasteiger partial charge < -0.3 is 0 Å². The molecule has 0 atom stereocenters. The van der Waals surface area contributed by atoms with Gasteiger partial charge in [-0.05, 0) is 88.0 Å². The summed E-state index contributed by atoms with van der Waals surface area (Å²) in [5, 5.41) is 27.9. The van der Waals surface area contributed by atoms with Crippen LogP contribution in [0.4, 0.5) is 0 Å². The van der Waals surface area contributed by atoms with Crippen LogP contribution in [-0.2, 0) is 0 Å². The van der Waals surface area contributed by atoms with Crippen molar-refractivity contribution in [1.82, 2.24) is 15.0 Å². The molecule has 222 valence electrons. The zero-order valence-corrected chi connectivity index (χ0v) is 25.5. The number of nitrogens with zero attached hydrogens (tertiary/aromatic N) is 6. The second kappa shape index (κ2) is 13.0. The van der Waals surface area contributed by atoms with Gasteiger partial charge in [0.25, 0.3) is 0 Å². The van der Waals surface area contributed by atoms with Crippen LogP contribution in [0.3, 0.4) is 0 Å². The van der Waals surface area contributed by atoms with Crippen molar-refractivity contribution < 1.29 is 0 Å². The predicted molar refractivity (Wildman–Crippen MR) is 187 cm³/mol. The minimum absolute atomic E-state index is 0.382. The lowest BCUT2D eigenvalue weighted by Crippen LogP contribution is -1.90. The summed E-state index contributed by atoms with van der Waals surface area (Å²) in [6, 6.07) is 53.8. The van der Waals surface area contributed by atoms with Crippen LogP contribution in [-0.4, -0.2) is 15.0 Å². The van der Waals surface area contributed by atoms with Crippen molar-refractivity contribution in [2.75, 3.05) is 0 Å². The van der Waals surface area contributed by atoms with E-state index in [0.717, 1.165) is 67.2 Å². The molecule has 7 rings (SSSR count). The normalized spacial score (nSPS) is 10.4. The Balaban J connectivity index is 1.28. The Kier molecular flexibility index (Phi) is 8.01. The molecule has 48 heavy (non-hydrogen) atoms. The molecule has 0 aliphatic carbocycles.